The van der Waals surface area contributed by atoms with E-state index in [4.69, 9.17) is 4.74 Å². The van der Waals surface area contributed by atoms with Crippen LogP contribution in [0.25, 0.3) is 22.2 Å². The second-order valence-electron chi connectivity index (χ2n) is 10.9. The fourth-order valence-electron chi connectivity index (χ4n) is 5.10. The third-order valence-electron chi connectivity index (χ3n) is 7.03. The molecule has 2 aromatic carbocycles. The predicted octanol–water partition coefficient (Wildman–Crippen LogP) is 5.03. The van der Waals surface area contributed by atoms with E-state index in [2.05, 4.69) is 15.3 Å². The van der Waals surface area contributed by atoms with Crippen LogP contribution in [0, 0.1) is 5.41 Å². The number of carbonyl (C=O) groups is 2. The van der Waals surface area contributed by atoms with E-state index in [-0.39, 0.29) is 31.2 Å². The number of ether oxygens (including phenoxy) is 1. The molecule has 2 atom stereocenters. The minimum absolute atomic E-state index is 0.00179. The first-order valence-electron chi connectivity index (χ1n) is 13.1. The van der Waals surface area contributed by atoms with Crippen molar-refractivity contribution in [2.45, 2.75) is 45.9 Å². The number of benzene rings is 2. The van der Waals surface area contributed by atoms with Gasteiger partial charge in [-0.15, -0.1) is 0 Å². The van der Waals surface area contributed by atoms with Crippen molar-refractivity contribution < 1.29 is 19.4 Å². The van der Waals surface area contributed by atoms with Gasteiger partial charge < -0.3 is 19.3 Å². The van der Waals surface area contributed by atoms with E-state index in [1.165, 1.54) is 6.33 Å². The molecule has 1 saturated heterocycles. The number of amides is 2. The van der Waals surface area contributed by atoms with Gasteiger partial charge in [0.2, 0.25) is 5.91 Å². The molecular weight excluding hydrogens is 494 g/mol. The molecule has 0 radical (unpaired) electrons. The summed E-state index contributed by atoms with van der Waals surface area (Å²) in [5, 5.41) is 13.6. The molecule has 202 valence electrons. The Labute approximate surface area is 227 Å². The molecule has 9 heteroatoms. The first-order chi connectivity index (χ1) is 18.8. The monoisotopic (exact) mass is 527 g/mol. The molecule has 0 spiro atoms. The summed E-state index contributed by atoms with van der Waals surface area (Å²) in [7, 11) is 0. The summed E-state index contributed by atoms with van der Waals surface area (Å²) < 4.78 is 7.48. The zero-order chi connectivity index (χ0) is 27.6. The Kier molecular flexibility index (Phi) is 7.34. The third-order valence-corrected chi connectivity index (χ3v) is 7.03. The van der Waals surface area contributed by atoms with Crippen LogP contribution in [-0.4, -0.2) is 55.7 Å². The first-order valence-corrected chi connectivity index (χ1v) is 13.1. The number of anilines is 1. The second-order valence-corrected chi connectivity index (χ2v) is 10.9. The molecule has 1 aliphatic rings. The van der Waals surface area contributed by atoms with E-state index in [1.807, 2.05) is 92.2 Å². The topological polar surface area (TPSA) is 110 Å². The van der Waals surface area contributed by atoms with E-state index in [1.54, 1.807) is 4.90 Å². The van der Waals surface area contributed by atoms with Crippen LogP contribution in [0.3, 0.4) is 0 Å². The molecule has 1 fully saturated rings. The smallest absolute Gasteiger partial charge is 0.413 e. The van der Waals surface area contributed by atoms with Crippen molar-refractivity contribution in [2.75, 3.05) is 18.5 Å². The van der Waals surface area contributed by atoms with Crippen molar-refractivity contribution in [1.29, 1.82) is 0 Å². The maximum atomic E-state index is 13.2. The van der Waals surface area contributed by atoms with Gasteiger partial charge in [0.25, 0.3) is 0 Å². The van der Waals surface area contributed by atoms with Gasteiger partial charge >= 0.3 is 6.09 Å². The number of hydrogen-bond acceptors (Lipinski definition) is 6. The van der Waals surface area contributed by atoms with Gasteiger partial charge in [0.15, 0.2) is 0 Å². The normalized spacial score (nSPS) is 17.4. The predicted molar refractivity (Wildman–Crippen MR) is 149 cm³/mol. The van der Waals surface area contributed by atoms with Crippen molar-refractivity contribution in [3.8, 4) is 11.1 Å². The van der Waals surface area contributed by atoms with Crippen LogP contribution in [0.5, 0.6) is 0 Å². The van der Waals surface area contributed by atoms with E-state index < -0.39 is 11.5 Å². The molecule has 4 aromatic rings. The first kappa shape index (κ1) is 26.4. The number of rotatable bonds is 6. The number of carbonyl (C=O) groups excluding carboxylic acids is 2. The van der Waals surface area contributed by atoms with Crippen LogP contribution >= 0.6 is 0 Å². The fourth-order valence-corrected chi connectivity index (χ4v) is 5.10. The standard InChI is InChI=1S/C30H33N5O4/c1-30(2,3)28(37)35-15-22(14-23(35)17-36)34-16-24(21-12-8-5-9-13-21)25-26(31-19-32-27(25)34)33-29(38)39-18-20-10-6-4-7-11-20/h4-13,16,19,22-23,36H,14-15,17-18H2,1-3H3,(H,31,32,33,38). The van der Waals surface area contributed by atoms with Gasteiger partial charge in [-0.1, -0.05) is 81.4 Å². The zero-order valence-corrected chi connectivity index (χ0v) is 22.4. The van der Waals surface area contributed by atoms with Crippen molar-refractivity contribution in [3.63, 3.8) is 0 Å². The molecule has 3 heterocycles. The minimum Gasteiger partial charge on any atom is -0.444 e. The molecule has 0 aliphatic carbocycles. The summed E-state index contributed by atoms with van der Waals surface area (Å²) in [5.41, 5.74) is 2.75. The van der Waals surface area contributed by atoms with Gasteiger partial charge in [-0.25, -0.2) is 14.8 Å². The Hall–Kier alpha value is -4.24. The molecule has 1 aliphatic heterocycles. The van der Waals surface area contributed by atoms with Crippen molar-refractivity contribution in [1.82, 2.24) is 19.4 Å². The number of hydrogen-bond donors (Lipinski definition) is 2. The Morgan fingerprint density at radius 2 is 1.74 bits per heavy atom. The van der Waals surface area contributed by atoms with Crippen LogP contribution in [-0.2, 0) is 16.1 Å². The second kappa shape index (κ2) is 10.9. The van der Waals surface area contributed by atoms with Crippen LogP contribution in [0.4, 0.5) is 10.6 Å². The largest absolute Gasteiger partial charge is 0.444 e. The Morgan fingerprint density at radius 1 is 1.05 bits per heavy atom. The fraction of sp³-hybridized carbons (Fsp3) is 0.333. The lowest BCUT2D eigenvalue weighted by Crippen LogP contribution is -2.44. The van der Waals surface area contributed by atoms with E-state index in [9.17, 15) is 14.7 Å². The number of nitrogens with one attached hydrogen (secondary N) is 1. The maximum absolute atomic E-state index is 13.2. The van der Waals surface area contributed by atoms with Crippen LogP contribution in [0.15, 0.2) is 73.2 Å². The van der Waals surface area contributed by atoms with E-state index >= 15 is 0 Å². The van der Waals surface area contributed by atoms with E-state index in [0.717, 1.165) is 16.7 Å². The summed E-state index contributed by atoms with van der Waals surface area (Å²) in [6, 6.07) is 18.9. The average molecular weight is 528 g/mol. The van der Waals surface area contributed by atoms with Crippen molar-refractivity contribution in [3.05, 3.63) is 78.8 Å². The molecule has 5 rings (SSSR count). The lowest BCUT2D eigenvalue weighted by atomic mass is 9.94. The summed E-state index contributed by atoms with van der Waals surface area (Å²) in [6.07, 6.45) is 3.38. The number of nitrogens with zero attached hydrogens (tertiary/aromatic N) is 4. The molecular formula is C30H33N5O4. The molecule has 9 nitrogen and oxygen atoms in total. The van der Waals surface area contributed by atoms with Crippen molar-refractivity contribution in [2.24, 2.45) is 5.41 Å². The summed E-state index contributed by atoms with van der Waals surface area (Å²) in [6.45, 7) is 6.13. The van der Waals surface area contributed by atoms with E-state index in [0.29, 0.717) is 29.8 Å². The van der Waals surface area contributed by atoms with Gasteiger partial charge in [0.05, 0.1) is 24.1 Å². The van der Waals surface area contributed by atoms with Crippen molar-refractivity contribution >= 4 is 28.9 Å². The lowest BCUT2D eigenvalue weighted by Gasteiger charge is -2.29. The molecule has 0 saturated carbocycles. The lowest BCUT2D eigenvalue weighted by molar-refractivity contribution is -0.141. The Balaban J connectivity index is 1.50. The summed E-state index contributed by atoms with van der Waals surface area (Å²) >= 11 is 0. The highest BCUT2D eigenvalue weighted by Gasteiger charge is 2.40. The summed E-state index contributed by atoms with van der Waals surface area (Å²) in [5.74, 6) is 0.344. The number of likely N-dealkylation sites (tertiary alicyclic amines) is 1. The average Bonchev–Trinajstić information content (AvgIpc) is 3.54. The van der Waals surface area contributed by atoms with Gasteiger partial charge in [-0.05, 0) is 17.5 Å². The van der Waals surface area contributed by atoms with Gasteiger partial charge in [-0.2, -0.15) is 0 Å². The summed E-state index contributed by atoms with van der Waals surface area (Å²) in [4.78, 5) is 36.7. The van der Waals surface area contributed by atoms with Crippen LogP contribution in [0.2, 0.25) is 0 Å². The highest BCUT2D eigenvalue weighted by atomic mass is 16.5. The molecule has 2 aromatic heterocycles. The Bertz CT molecular complexity index is 1460. The number of aliphatic hydroxyl groups excluding tert-OH is 1. The Morgan fingerprint density at radius 3 is 2.41 bits per heavy atom. The third kappa shape index (κ3) is 5.49. The number of aromatic nitrogens is 3. The quantitative estimate of drug-likeness (QED) is 0.364. The molecule has 2 N–H and O–H groups in total. The molecule has 2 unspecified atom stereocenters. The molecule has 39 heavy (non-hydrogen) atoms. The highest BCUT2D eigenvalue weighted by molar-refractivity contribution is 6.05. The zero-order valence-electron chi connectivity index (χ0n) is 22.4. The van der Waals surface area contributed by atoms with Crippen LogP contribution in [0.1, 0.15) is 38.8 Å². The van der Waals surface area contributed by atoms with Crippen LogP contribution < -0.4 is 5.32 Å². The minimum atomic E-state index is -0.617. The highest BCUT2D eigenvalue weighted by Crippen LogP contribution is 2.39. The SMILES string of the molecule is CC(C)(C)C(=O)N1CC(n2cc(-c3ccccc3)c3c(NC(=O)OCc4ccccc4)ncnc32)CC1CO. The maximum Gasteiger partial charge on any atom is 0.413 e. The molecule has 2 amide bonds. The van der Waals surface area contributed by atoms with Gasteiger partial charge in [-0.3, -0.25) is 10.1 Å². The van der Waals surface area contributed by atoms with Gasteiger partial charge in [0.1, 0.15) is 24.4 Å². The number of aliphatic hydroxyl groups is 1. The number of fused-ring (bicyclic) bond motifs is 1. The molecule has 0 bridgehead atoms. The van der Waals surface area contributed by atoms with Gasteiger partial charge in [0, 0.05) is 23.7 Å².